The summed E-state index contributed by atoms with van der Waals surface area (Å²) in [6, 6.07) is 6.88. The number of hydrogen-bond donors (Lipinski definition) is 3. The molecule has 0 aromatic heterocycles. The first kappa shape index (κ1) is 19.5. The Morgan fingerprint density at radius 2 is 1.87 bits per heavy atom. The molecule has 3 amide bonds. The first-order valence-corrected chi connectivity index (χ1v) is 7.77. The van der Waals surface area contributed by atoms with E-state index in [1.54, 1.807) is 17.0 Å². The molecule has 0 aliphatic carbocycles. The lowest BCUT2D eigenvalue weighted by atomic mass is 10.2. The van der Waals surface area contributed by atoms with Crippen LogP contribution in [-0.4, -0.2) is 49.6 Å². The number of nitrogens with zero attached hydrogens (tertiary/aromatic N) is 1. The van der Waals surface area contributed by atoms with Gasteiger partial charge in [-0.1, -0.05) is 23.7 Å². The Kier molecular flexibility index (Phi) is 8.76. The number of rotatable bonds is 4. The highest BCUT2D eigenvalue weighted by Crippen LogP contribution is 2.08. The molecule has 1 saturated heterocycles. The van der Waals surface area contributed by atoms with Crippen molar-refractivity contribution in [1.29, 1.82) is 0 Å². The van der Waals surface area contributed by atoms with Gasteiger partial charge in [0.25, 0.3) is 0 Å². The molecule has 0 spiro atoms. The SMILES string of the molecule is Cl.O=C(NCC(=O)N1CCCNCC1)NCc1ccc(Cl)cc1. The number of hydrogen-bond acceptors (Lipinski definition) is 3. The smallest absolute Gasteiger partial charge is 0.315 e. The van der Waals surface area contributed by atoms with E-state index in [1.165, 1.54) is 0 Å². The van der Waals surface area contributed by atoms with E-state index in [0.717, 1.165) is 31.6 Å². The third-order valence-corrected chi connectivity index (χ3v) is 3.71. The van der Waals surface area contributed by atoms with Crippen molar-refractivity contribution in [1.82, 2.24) is 20.9 Å². The number of amides is 3. The summed E-state index contributed by atoms with van der Waals surface area (Å²) in [5.74, 6) is -0.0506. The summed E-state index contributed by atoms with van der Waals surface area (Å²) < 4.78 is 0. The molecule has 0 saturated carbocycles. The van der Waals surface area contributed by atoms with Crippen molar-refractivity contribution in [3.8, 4) is 0 Å². The minimum absolute atomic E-state index is 0. The largest absolute Gasteiger partial charge is 0.340 e. The summed E-state index contributed by atoms with van der Waals surface area (Å²) in [5, 5.41) is 9.20. The first-order chi connectivity index (χ1) is 10.6. The molecule has 2 rings (SSSR count). The van der Waals surface area contributed by atoms with Gasteiger partial charge in [-0.2, -0.15) is 0 Å². The van der Waals surface area contributed by atoms with E-state index in [0.29, 0.717) is 18.1 Å². The van der Waals surface area contributed by atoms with Gasteiger partial charge < -0.3 is 20.9 Å². The zero-order chi connectivity index (χ0) is 15.8. The summed E-state index contributed by atoms with van der Waals surface area (Å²) in [4.78, 5) is 25.5. The van der Waals surface area contributed by atoms with Gasteiger partial charge in [-0.05, 0) is 30.7 Å². The Bertz CT molecular complexity index is 503. The van der Waals surface area contributed by atoms with Gasteiger partial charge in [0.15, 0.2) is 0 Å². The molecule has 1 aliphatic heterocycles. The van der Waals surface area contributed by atoms with Crippen molar-refractivity contribution in [3.63, 3.8) is 0 Å². The van der Waals surface area contributed by atoms with Crippen molar-refractivity contribution in [2.75, 3.05) is 32.7 Å². The lowest BCUT2D eigenvalue weighted by molar-refractivity contribution is -0.129. The summed E-state index contributed by atoms with van der Waals surface area (Å²) in [6.45, 7) is 3.57. The van der Waals surface area contributed by atoms with Crippen LogP contribution in [0.15, 0.2) is 24.3 Å². The lowest BCUT2D eigenvalue weighted by Gasteiger charge is -2.20. The van der Waals surface area contributed by atoms with Crippen LogP contribution in [0.2, 0.25) is 5.02 Å². The van der Waals surface area contributed by atoms with Crippen LogP contribution in [0.3, 0.4) is 0 Å². The summed E-state index contributed by atoms with van der Waals surface area (Å²) >= 11 is 5.80. The van der Waals surface area contributed by atoms with Gasteiger partial charge >= 0.3 is 6.03 Å². The average Bonchev–Trinajstić information content (AvgIpc) is 2.81. The number of halogens is 2. The van der Waals surface area contributed by atoms with Crippen molar-refractivity contribution < 1.29 is 9.59 Å². The number of benzene rings is 1. The molecular formula is C15H22Cl2N4O2. The van der Waals surface area contributed by atoms with Gasteiger partial charge in [-0.15, -0.1) is 12.4 Å². The molecule has 1 heterocycles. The van der Waals surface area contributed by atoms with E-state index in [2.05, 4.69) is 16.0 Å². The van der Waals surface area contributed by atoms with Crippen LogP contribution >= 0.6 is 24.0 Å². The van der Waals surface area contributed by atoms with Gasteiger partial charge in [0.2, 0.25) is 5.91 Å². The van der Waals surface area contributed by atoms with Crippen LogP contribution in [0.5, 0.6) is 0 Å². The molecular weight excluding hydrogens is 339 g/mol. The Labute approximate surface area is 147 Å². The fraction of sp³-hybridized carbons (Fsp3) is 0.467. The molecule has 1 aromatic carbocycles. The second-order valence-electron chi connectivity index (χ2n) is 5.15. The quantitative estimate of drug-likeness (QED) is 0.759. The number of carbonyl (C=O) groups is 2. The van der Waals surface area contributed by atoms with Gasteiger partial charge in [0.1, 0.15) is 0 Å². The topological polar surface area (TPSA) is 73.5 Å². The molecule has 1 aliphatic rings. The zero-order valence-electron chi connectivity index (χ0n) is 12.8. The monoisotopic (exact) mass is 360 g/mol. The highest BCUT2D eigenvalue weighted by molar-refractivity contribution is 6.30. The maximum absolute atomic E-state index is 12.0. The summed E-state index contributed by atoms with van der Waals surface area (Å²) in [7, 11) is 0. The predicted octanol–water partition coefficient (Wildman–Crippen LogP) is 1.38. The molecule has 1 fully saturated rings. The average molecular weight is 361 g/mol. The molecule has 0 atom stereocenters. The van der Waals surface area contributed by atoms with Gasteiger partial charge in [-0.25, -0.2) is 4.79 Å². The third kappa shape index (κ3) is 7.07. The highest BCUT2D eigenvalue weighted by atomic mass is 35.5. The Morgan fingerprint density at radius 3 is 2.61 bits per heavy atom. The van der Waals surface area contributed by atoms with Crippen molar-refractivity contribution in [2.24, 2.45) is 0 Å². The van der Waals surface area contributed by atoms with Crippen molar-refractivity contribution in [3.05, 3.63) is 34.9 Å². The first-order valence-electron chi connectivity index (χ1n) is 7.40. The van der Waals surface area contributed by atoms with E-state index in [9.17, 15) is 9.59 Å². The molecule has 23 heavy (non-hydrogen) atoms. The number of carbonyl (C=O) groups excluding carboxylic acids is 2. The molecule has 128 valence electrons. The maximum atomic E-state index is 12.0. The van der Waals surface area contributed by atoms with Crippen molar-refractivity contribution in [2.45, 2.75) is 13.0 Å². The number of urea groups is 1. The van der Waals surface area contributed by atoms with Crippen LogP contribution in [0, 0.1) is 0 Å². The minimum atomic E-state index is -0.351. The second kappa shape index (κ2) is 10.3. The maximum Gasteiger partial charge on any atom is 0.315 e. The molecule has 1 aromatic rings. The van der Waals surface area contributed by atoms with Crippen LogP contribution < -0.4 is 16.0 Å². The fourth-order valence-electron chi connectivity index (χ4n) is 2.21. The van der Waals surface area contributed by atoms with E-state index in [1.807, 2.05) is 12.1 Å². The normalized spacial score (nSPS) is 14.4. The Balaban J connectivity index is 0.00000264. The van der Waals surface area contributed by atoms with Crippen LogP contribution in [0.1, 0.15) is 12.0 Å². The minimum Gasteiger partial charge on any atom is -0.340 e. The van der Waals surface area contributed by atoms with Gasteiger partial charge in [-0.3, -0.25) is 4.79 Å². The number of nitrogens with one attached hydrogen (secondary N) is 3. The molecule has 0 radical (unpaired) electrons. The Hall–Kier alpha value is -1.50. The molecule has 8 heteroatoms. The molecule has 0 bridgehead atoms. The van der Waals surface area contributed by atoms with E-state index < -0.39 is 0 Å². The third-order valence-electron chi connectivity index (χ3n) is 3.46. The predicted molar refractivity (Wildman–Crippen MR) is 93.0 cm³/mol. The van der Waals surface area contributed by atoms with Crippen LogP contribution in [0.25, 0.3) is 0 Å². The molecule has 3 N–H and O–H groups in total. The highest BCUT2D eigenvalue weighted by Gasteiger charge is 2.15. The molecule has 6 nitrogen and oxygen atoms in total. The van der Waals surface area contributed by atoms with E-state index in [4.69, 9.17) is 11.6 Å². The summed E-state index contributed by atoms with van der Waals surface area (Å²) in [5.41, 5.74) is 0.949. The Morgan fingerprint density at radius 1 is 1.13 bits per heavy atom. The van der Waals surface area contributed by atoms with Gasteiger partial charge in [0.05, 0.1) is 6.54 Å². The fourth-order valence-corrected chi connectivity index (χ4v) is 2.34. The van der Waals surface area contributed by atoms with E-state index in [-0.39, 0.29) is 30.9 Å². The van der Waals surface area contributed by atoms with E-state index >= 15 is 0 Å². The lowest BCUT2D eigenvalue weighted by Crippen LogP contribution is -2.44. The summed E-state index contributed by atoms with van der Waals surface area (Å²) in [6.07, 6.45) is 0.939. The second-order valence-corrected chi connectivity index (χ2v) is 5.58. The zero-order valence-corrected chi connectivity index (χ0v) is 14.4. The standard InChI is InChI=1S/C15H21ClN4O2.ClH/c16-13-4-2-12(3-5-13)10-18-15(22)19-11-14(21)20-8-1-6-17-7-9-20;/h2-5,17H,1,6-11H2,(H2,18,19,22);1H. The molecule has 0 unspecified atom stereocenters. The van der Waals surface area contributed by atoms with Gasteiger partial charge in [0, 0.05) is 31.2 Å². The van der Waals surface area contributed by atoms with Crippen LogP contribution in [-0.2, 0) is 11.3 Å². The van der Waals surface area contributed by atoms with Crippen molar-refractivity contribution >= 4 is 35.9 Å². The van der Waals surface area contributed by atoms with Crippen LogP contribution in [0.4, 0.5) is 4.79 Å².